The normalized spacial score (nSPS) is 27.0. The molecule has 0 radical (unpaired) electrons. The van der Waals surface area contributed by atoms with E-state index in [2.05, 4.69) is 29.4 Å². The quantitative estimate of drug-likeness (QED) is 0.788. The molecule has 2 aliphatic heterocycles. The van der Waals surface area contributed by atoms with E-state index in [9.17, 15) is 4.79 Å². The molecule has 2 N–H and O–H groups in total. The molecular formula is C17H33N3O. The maximum absolute atomic E-state index is 12.2. The zero-order chi connectivity index (χ0) is 15.1. The highest BCUT2D eigenvalue weighted by atomic mass is 16.1. The van der Waals surface area contributed by atoms with Crippen molar-refractivity contribution in [1.82, 2.24) is 15.5 Å². The van der Waals surface area contributed by atoms with E-state index >= 15 is 0 Å². The molecule has 2 rings (SSSR count). The number of hydrogen-bond donors (Lipinski definition) is 2. The van der Waals surface area contributed by atoms with Gasteiger partial charge < -0.3 is 15.5 Å². The van der Waals surface area contributed by atoms with Gasteiger partial charge in [-0.15, -0.1) is 0 Å². The standard InChI is InChI=1S/C17H33N3O/c1-14(16-7-6-8-18-12-16)11-17(21)19-15(2)13-20-9-4-3-5-10-20/h14-16,18H,3-13H2,1-2H3,(H,19,21). The zero-order valence-corrected chi connectivity index (χ0v) is 13.9. The second-order valence-electron chi connectivity index (χ2n) is 7.12. The monoisotopic (exact) mass is 295 g/mol. The lowest BCUT2D eigenvalue weighted by Gasteiger charge is -2.30. The van der Waals surface area contributed by atoms with Gasteiger partial charge in [0.1, 0.15) is 0 Å². The predicted octanol–water partition coefficient (Wildman–Crippen LogP) is 2.00. The Labute approximate surface area is 130 Å². The largest absolute Gasteiger partial charge is 0.352 e. The Kier molecular flexibility index (Phi) is 6.97. The van der Waals surface area contributed by atoms with Gasteiger partial charge in [-0.05, 0) is 70.6 Å². The van der Waals surface area contributed by atoms with Gasteiger partial charge in [0.15, 0.2) is 0 Å². The molecule has 4 nitrogen and oxygen atoms in total. The van der Waals surface area contributed by atoms with Crippen molar-refractivity contribution >= 4 is 5.91 Å². The van der Waals surface area contributed by atoms with Crippen LogP contribution in [0.3, 0.4) is 0 Å². The first kappa shape index (κ1) is 16.8. The fourth-order valence-electron chi connectivity index (χ4n) is 3.73. The topological polar surface area (TPSA) is 44.4 Å². The average molecular weight is 295 g/mol. The average Bonchev–Trinajstić information content (AvgIpc) is 2.48. The summed E-state index contributed by atoms with van der Waals surface area (Å²) >= 11 is 0. The van der Waals surface area contributed by atoms with Crippen molar-refractivity contribution in [1.29, 1.82) is 0 Å². The number of carbonyl (C=O) groups excluding carboxylic acids is 1. The third-order valence-electron chi connectivity index (χ3n) is 5.04. The van der Waals surface area contributed by atoms with Gasteiger partial charge in [-0.25, -0.2) is 0 Å². The first-order valence-electron chi connectivity index (χ1n) is 8.87. The summed E-state index contributed by atoms with van der Waals surface area (Å²) in [6, 6.07) is 0.271. The molecule has 2 saturated heterocycles. The summed E-state index contributed by atoms with van der Waals surface area (Å²) in [5.41, 5.74) is 0. The first-order chi connectivity index (χ1) is 10.1. The minimum absolute atomic E-state index is 0.234. The number of hydrogen-bond acceptors (Lipinski definition) is 3. The lowest BCUT2D eigenvalue weighted by molar-refractivity contribution is -0.123. The van der Waals surface area contributed by atoms with E-state index < -0.39 is 0 Å². The highest BCUT2D eigenvalue weighted by Crippen LogP contribution is 2.22. The van der Waals surface area contributed by atoms with Crippen LogP contribution in [0.15, 0.2) is 0 Å². The smallest absolute Gasteiger partial charge is 0.220 e. The van der Waals surface area contributed by atoms with Crippen LogP contribution in [0, 0.1) is 11.8 Å². The molecule has 0 aliphatic carbocycles. The number of amides is 1. The van der Waals surface area contributed by atoms with Gasteiger partial charge in [0.05, 0.1) is 0 Å². The van der Waals surface area contributed by atoms with Gasteiger partial charge in [-0.3, -0.25) is 4.79 Å². The lowest BCUT2D eigenvalue weighted by Crippen LogP contribution is -2.44. The van der Waals surface area contributed by atoms with Gasteiger partial charge in [0.2, 0.25) is 5.91 Å². The second-order valence-corrected chi connectivity index (χ2v) is 7.12. The molecule has 122 valence electrons. The van der Waals surface area contributed by atoms with Crippen molar-refractivity contribution in [2.45, 2.75) is 58.4 Å². The highest BCUT2D eigenvalue weighted by Gasteiger charge is 2.23. The van der Waals surface area contributed by atoms with Crippen LogP contribution >= 0.6 is 0 Å². The molecule has 2 aliphatic rings. The number of carbonyl (C=O) groups is 1. The van der Waals surface area contributed by atoms with Crippen LogP contribution in [0.5, 0.6) is 0 Å². The van der Waals surface area contributed by atoms with E-state index in [-0.39, 0.29) is 11.9 Å². The lowest BCUT2D eigenvalue weighted by atomic mass is 9.85. The van der Waals surface area contributed by atoms with Gasteiger partial charge in [0, 0.05) is 19.0 Å². The van der Waals surface area contributed by atoms with Crippen molar-refractivity contribution in [2.75, 3.05) is 32.7 Å². The number of piperidine rings is 2. The number of nitrogens with one attached hydrogen (secondary N) is 2. The fraction of sp³-hybridized carbons (Fsp3) is 0.941. The summed E-state index contributed by atoms with van der Waals surface area (Å²) in [6.45, 7) is 9.99. The Morgan fingerprint density at radius 3 is 2.67 bits per heavy atom. The minimum Gasteiger partial charge on any atom is -0.352 e. The molecule has 2 heterocycles. The van der Waals surface area contributed by atoms with Gasteiger partial charge in [-0.2, -0.15) is 0 Å². The fourth-order valence-corrected chi connectivity index (χ4v) is 3.73. The summed E-state index contributed by atoms with van der Waals surface area (Å²) in [7, 11) is 0. The molecule has 1 amide bonds. The van der Waals surface area contributed by atoms with Crippen LogP contribution in [0.1, 0.15) is 52.4 Å². The van der Waals surface area contributed by atoms with Crippen LogP contribution in [-0.4, -0.2) is 49.6 Å². The summed E-state index contributed by atoms with van der Waals surface area (Å²) in [5.74, 6) is 1.39. The molecule has 0 spiro atoms. The zero-order valence-electron chi connectivity index (χ0n) is 13.9. The molecule has 2 fully saturated rings. The second kappa shape index (κ2) is 8.74. The van der Waals surface area contributed by atoms with Crippen molar-refractivity contribution in [3.63, 3.8) is 0 Å². The Balaban J connectivity index is 1.65. The summed E-state index contributed by atoms with van der Waals surface area (Å²) < 4.78 is 0. The van der Waals surface area contributed by atoms with Crippen LogP contribution in [0.25, 0.3) is 0 Å². The summed E-state index contributed by atoms with van der Waals surface area (Å²) in [4.78, 5) is 14.7. The SMILES string of the molecule is CC(CN1CCCCC1)NC(=O)CC(C)C1CCCNC1. The molecule has 3 unspecified atom stereocenters. The Morgan fingerprint density at radius 2 is 2.00 bits per heavy atom. The number of rotatable bonds is 6. The van der Waals surface area contributed by atoms with E-state index in [1.165, 1.54) is 45.2 Å². The molecule has 3 atom stereocenters. The molecule has 21 heavy (non-hydrogen) atoms. The molecule has 0 bridgehead atoms. The van der Waals surface area contributed by atoms with Crippen molar-refractivity contribution in [2.24, 2.45) is 11.8 Å². The molecule has 0 aromatic heterocycles. The van der Waals surface area contributed by atoms with Crippen LogP contribution in [-0.2, 0) is 4.79 Å². The van der Waals surface area contributed by atoms with Gasteiger partial charge in [0.25, 0.3) is 0 Å². The van der Waals surface area contributed by atoms with Crippen molar-refractivity contribution in [3.05, 3.63) is 0 Å². The molecule has 0 saturated carbocycles. The minimum atomic E-state index is 0.234. The van der Waals surface area contributed by atoms with E-state index in [4.69, 9.17) is 0 Å². The number of nitrogens with zero attached hydrogens (tertiary/aromatic N) is 1. The number of likely N-dealkylation sites (tertiary alicyclic amines) is 1. The molecule has 0 aromatic carbocycles. The molecule has 0 aromatic rings. The maximum atomic E-state index is 12.2. The van der Waals surface area contributed by atoms with E-state index in [0.717, 1.165) is 19.6 Å². The van der Waals surface area contributed by atoms with Crippen molar-refractivity contribution in [3.8, 4) is 0 Å². The summed E-state index contributed by atoms with van der Waals surface area (Å²) in [5, 5.41) is 6.64. The third kappa shape index (κ3) is 5.95. The molecular weight excluding hydrogens is 262 g/mol. The van der Waals surface area contributed by atoms with Gasteiger partial charge >= 0.3 is 0 Å². The van der Waals surface area contributed by atoms with E-state index in [1.807, 2.05) is 0 Å². The Bertz CT molecular complexity index is 309. The van der Waals surface area contributed by atoms with Crippen LogP contribution < -0.4 is 10.6 Å². The summed E-state index contributed by atoms with van der Waals surface area (Å²) in [6.07, 6.45) is 7.19. The van der Waals surface area contributed by atoms with Gasteiger partial charge in [-0.1, -0.05) is 13.3 Å². The highest BCUT2D eigenvalue weighted by molar-refractivity contribution is 5.76. The first-order valence-corrected chi connectivity index (χ1v) is 8.87. The van der Waals surface area contributed by atoms with Crippen LogP contribution in [0.4, 0.5) is 0 Å². The van der Waals surface area contributed by atoms with Crippen LogP contribution in [0.2, 0.25) is 0 Å². The van der Waals surface area contributed by atoms with Crippen molar-refractivity contribution < 1.29 is 4.79 Å². The Hall–Kier alpha value is -0.610. The van der Waals surface area contributed by atoms with E-state index in [1.54, 1.807) is 0 Å². The predicted molar refractivity (Wildman–Crippen MR) is 87.3 cm³/mol. The van der Waals surface area contributed by atoms with E-state index in [0.29, 0.717) is 18.3 Å². The Morgan fingerprint density at radius 1 is 1.24 bits per heavy atom. The molecule has 4 heteroatoms. The third-order valence-corrected chi connectivity index (χ3v) is 5.04. The maximum Gasteiger partial charge on any atom is 0.220 e.